The number of esters is 1. The normalized spacial score (nSPS) is 11.2. The zero-order valence-electron chi connectivity index (χ0n) is 25.2. The Kier molecular flexibility index (Phi) is 12.5. The monoisotopic (exact) mass is 597 g/mol. The van der Waals surface area contributed by atoms with E-state index >= 15 is 0 Å². The second-order valence-corrected chi connectivity index (χ2v) is 10.1. The number of carbonyl (C=O) groups is 2. The summed E-state index contributed by atoms with van der Waals surface area (Å²) < 4.78 is 27.9. The summed E-state index contributed by atoms with van der Waals surface area (Å²) in [6, 6.07) is 30.8. The molecule has 0 fully saturated rings. The smallest absolute Gasteiger partial charge is 0.328 e. The van der Waals surface area contributed by atoms with Crippen molar-refractivity contribution in [3.63, 3.8) is 0 Å². The molecule has 4 aromatic rings. The summed E-state index contributed by atoms with van der Waals surface area (Å²) in [6.45, 7) is 4.20. The summed E-state index contributed by atoms with van der Waals surface area (Å²) >= 11 is 0. The van der Waals surface area contributed by atoms with Crippen LogP contribution in [0.3, 0.4) is 0 Å². The molecule has 0 aliphatic carbocycles. The number of ether oxygens (including phenoxy) is 5. The Balaban J connectivity index is 1.20. The lowest BCUT2D eigenvalue weighted by Crippen LogP contribution is -2.43. The van der Waals surface area contributed by atoms with Gasteiger partial charge in [0.25, 0.3) is 5.91 Å². The summed E-state index contributed by atoms with van der Waals surface area (Å²) in [5.41, 5.74) is 2.34. The van der Waals surface area contributed by atoms with Gasteiger partial charge in [-0.3, -0.25) is 4.79 Å². The number of hydrogen-bond acceptors (Lipinski definition) is 7. The van der Waals surface area contributed by atoms with Crippen molar-refractivity contribution in [3.05, 3.63) is 120 Å². The highest BCUT2D eigenvalue weighted by Gasteiger charge is 2.23. The first-order valence-electron chi connectivity index (χ1n) is 14.8. The van der Waals surface area contributed by atoms with E-state index in [0.29, 0.717) is 49.9 Å². The fraction of sp³-hybridized carbons (Fsp3) is 0.278. The van der Waals surface area contributed by atoms with Crippen LogP contribution in [0, 0.1) is 0 Å². The summed E-state index contributed by atoms with van der Waals surface area (Å²) in [5.74, 6) is 2.06. The maximum Gasteiger partial charge on any atom is 0.328 e. The van der Waals surface area contributed by atoms with E-state index in [9.17, 15) is 9.59 Å². The van der Waals surface area contributed by atoms with E-state index in [2.05, 4.69) is 12.2 Å². The summed E-state index contributed by atoms with van der Waals surface area (Å²) in [6.07, 6.45) is 1.93. The van der Waals surface area contributed by atoms with Gasteiger partial charge in [0.05, 0.1) is 26.9 Å². The average Bonchev–Trinajstić information content (AvgIpc) is 3.07. The van der Waals surface area contributed by atoms with Gasteiger partial charge in [0, 0.05) is 18.4 Å². The third kappa shape index (κ3) is 10.4. The van der Waals surface area contributed by atoms with Crippen LogP contribution in [-0.2, 0) is 22.6 Å². The number of benzene rings is 4. The SMILES string of the molecule is CCCOc1ccc(OCCCOc2ccc(C(=O)N[C@@H](Cc3ccc(OCc4ccccc4)cc3)C(=O)OC)cc2)cc1. The van der Waals surface area contributed by atoms with Crippen LogP contribution in [0.25, 0.3) is 0 Å². The Bertz CT molecular complexity index is 1420. The molecule has 1 N–H and O–H groups in total. The van der Waals surface area contributed by atoms with E-state index in [-0.39, 0.29) is 12.3 Å². The highest BCUT2D eigenvalue weighted by molar-refractivity contribution is 5.96. The lowest BCUT2D eigenvalue weighted by Gasteiger charge is -2.17. The number of hydrogen-bond donors (Lipinski definition) is 1. The van der Waals surface area contributed by atoms with Crippen molar-refractivity contribution in [2.75, 3.05) is 26.9 Å². The first-order valence-corrected chi connectivity index (χ1v) is 14.8. The topological polar surface area (TPSA) is 92.3 Å². The number of amides is 1. The minimum Gasteiger partial charge on any atom is -0.494 e. The van der Waals surface area contributed by atoms with Crippen LogP contribution in [-0.4, -0.2) is 44.8 Å². The van der Waals surface area contributed by atoms with E-state index in [0.717, 1.165) is 29.0 Å². The van der Waals surface area contributed by atoms with Gasteiger partial charge in [0.2, 0.25) is 0 Å². The second kappa shape index (κ2) is 17.2. The van der Waals surface area contributed by atoms with Crippen molar-refractivity contribution in [3.8, 4) is 23.0 Å². The molecule has 0 aliphatic heterocycles. The third-order valence-electron chi connectivity index (χ3n) is 6.64. The standard InChI is InChI=1S/C36H39NO7/c1-3-22-41-31-18-20-32(21-19-31)43-24-7-23-42-30-16-12-29(13-17-30)35(38)37-34(36(39)40-2)25-27-10-14-33(15-11-27)44-26-28-8-5-4-6-9-28/h4-6,8-21,34H,3,7,22-26H2,1-2H3,(H,37,38)/t34-/m0/s1. The molecule has 0 spiro atoms. The quantitative estimate of drug-likeness (QED) is 0.111. The van der Waals surface area contributed by atoms with Crippen LogP contribution >= 0.6 is 0 Å². The van der Waals surface area contributed by atoms with Crippen LogP contribution in [0.1, 0.15) is 41.3 Å². The molecule has 8 heteroatoms. The Labute approximate surface area is 258 Å². The molecule has 0 radical (unpaired) electrons. The molecule has 230 valence electrons. The lowest BCUT2D eigenvalue weighted by atomic mass is 10.0. The molecule has 0 saturated heterocycles. The van der Waals surface area contributed by atoms with Gasteiger partial charge in [-0.15, -0.1) is 0 Å². The van der Waals surface area contributed by atoms with E-state index in [1.54, 1.807) is 24.3 Å². The number of nitrogens with one attached hydrogen (secondary N) is 1. The second-order valence-electron chi connectivity index (χ2n) is 10.1. The van der Waals surface area contributed by atoms with Crippen molar-refractivity contribution in [1.29, 1.82) is 0 Å². The first kappa shape index (κ1) is 31.9. The molecule has 0 heterocycles. The average molecular weight is 598 g/mol. The summed E-state index contributed by atoms with van der Waals surface area (Å²) in [5, 5.41) is 2.79. The molecule has 1 atom stereocenters. The first-order chi connectivity index (χ1) is 21.5. The minimum absolute atomic E-state index is 0.275. The molecule has 0 saturated carbocycles. The molecule has 44 heavy (non-hydrogen) atoms. The predicted octanol–water partition coefficient (Wildman–Crippen LogP) is 6.42. The van der Waals surface area contributed by atoms with Gasteiger partial charge in [-0.25, -0.2) is 4.79 Å². The van der Waals surface area contributed by atoms with Crippen LogP contribution in [0.5, 0.6) is 23.0 Å². The highest BCUT2D eigenvalue weighted by atomic mass is 16.5. The van der Waals surface area contributed by atoms with E-state index in [1.165, 1.54) is 7.11 Å². The highest BCUT2D eigenvalue weighted by Crippen LogP contribution is 2.19. The molecule has 4 rings (SSSR count). The molecule has 8 nitrogen and oxygen atoms in total. The van der Waals surface area contributed by atoms with Crippen molar-refractivity contribution in [2.45, 2.75) is 38.8 Å². The van der Waals surface area contributed by atoms with E-state index in [4.69, 9.17) is 23.7 Å². The minimum atomic E-state index is -0.848. The van der Waals surface area contributed by atoms with Gasteiger partial charge < -0.3 is 29.0 Å². The summed E-state index contributed by atoms with van der Waals surface area (Å²) in [7, 11) is 1.30. The zero-order valence-corrected chi connectivity index (χ0v) is 25.2. The molecular formula is C36H39NO7. The Morgan fingerprint density at radius 3 is 1.73 bits per heavy atom. The Morgan fingerprint density at radius 1 is 0.636 bits per heavy atom. The van der Waals surface area contributed by atoms with Crippen molar-refractivity contribution in [1.82, 2.24) is 5.32 Å². The van der Waals surface area contributed by atoms with E-state index < -0.39 is 12.0 Å². The fourth-order valence-corrected chi connectivity index (χ4v) is 4.27. The largest absolute Gasteiger partial charge is 0.494 e. The van der Waals surface area contributed by atoms with Gasteiger partial charge in [0.15, 0.2) is 0 Å². The molecule has 1 amide bonds. The lowest BCUT2D eigenvalue weighted by molar-refractivity contribution is -0.142. The molecule has 0 aliphatic rings. The molecule has 0 unspecified atom stereocenters. The predicted molar refractivity (Wildman–Crippen MR) is 168 cm³/mol. The van der Waals surface area contributed by atoms with Crippen LogP contribution in [0.15, 0.2) is 103 Å². The van der Waals surface area contributed by atoms with Crippen molar-refractivity contribution >= 4 is 11.9 Å². The van der Waals surface area contributed by atoms with Gasteiger partial charge in [-0.1, -0.05) is 49.4 Å². The van der Waals surface area contributed by atoms with Crippen molar-refractivity contribution < 1.29 is 33.3 Å². The number of methoxy groups -OCH3 is 1. The Morgan fingerprint density at radius 2 is 1.16 bits per heavy atom. The molecular weight excluding hydrogens is 558 g/mol. The van der Waals surface area contributed by atoms with Gasteiger partial charge in [0.1, 0.15) is 35.6 Å². The fourth-order valence-electron chi connectivity index (χ4n) is 4.27. The molecule has 0 aromatic heterocycles. The van der Waals surface area contributed by atoms with Gasteiger partial charge in [-0.05, 0) is 78.2 Å². The summed E-state index contributed by atoms with van der Waals surface area (Å²) in [4.78, 5) is 25.4. The van der Waals surface area contributed by atoms with E-state index in [1.807, 2.05) is 78.9 Å². The van der Waals surface area contributed by atoms with Crippen LogP contribution < -0.4 is 24.3 Å². The van der Waals surface area contributed by atoms with Crippen LogP contribution in [0.2, 0.25) is 0 Å². The third-order valence-corrected chi connectivity index (χ3v) is 6.64. The van der Waals surface area contributed by atoms with Crippen molar-refractivity contribution in [2.24, 2.45) is 0 Å². The maximum absolute atomic E-state index is 13.0. The maximum atomic E-state index is 13.0. The molecule has 0 bridgehead atoms. The van der Waals surface area contributed by atoms with Crippen LogP contribution in [0.4, 0.5) is 0 Å². The number of carbonyl (C=O) groups excluding carboxylic acids is 2. The number of rotatable bonds is 17. The van der Waals surface area contributed by atoms with Gasteiger partial charge >= 0.3 is 5.97 Å². The Hall–Kier alpha value is -4.98. The van der Waals surface area contributed by atoms with Gasteiger partial charge in [-0.2, -0.15) is 0 Å². The zero-order chi connectivity index (χ0) is 31.0. The molecule has 4 aromatic carbocycles.